The lowest BCUT2D eigenvalue weighted by Crippen LogP contribution is -2.60. The number of ether oxygens (including phenoxy) is 2. The van der Waals surface area contributed by atoms with Crippen molar-refractivity contribution in [3.05, 3.63) is 33.1 Å². The molecule has 1 aromatic rings. The molecule has 1 aromatic heterocycles. The van der Waals surface area contributed by atoms with Gasteiger partial charge in [0.25, 0.3) is 21.2 Å². The Labute approximate surface area is 204 Å². The van der Waals surface area contributed by atoms with Crippen molar-refractivity contribution < 1.29 is 77.2 Å². The first-order chi connectivity index (χ1) is 17.0. The maximum Gasteiger partial charge on any atom is 0.335 e. The molecule has 7 N–H and O–H groups in total. The first-order valence-corrected chi connectivity index (χ1v) is 12.9. The molecule has 22 heteroatoms. The molecular formula is C15H20N2O18P2-2. The molecule has 37 heavy (non-hydrogen) atoms. The van der Waals surface area contributed by atoms with Gasteiger partial charge in [0.05, 0.1) is 6.61 Å². The molecule has 3 heterocycles. The maximum atomic E-state index is 12.0. The van der Waals surface area contributed by atoms with E-state index in [2.05, 4.69) is 18.1 Å². The van der Waals surface area contributed by atoms with Crippen molar-refractivity contribution in [2.45, 2.75) is 55.2 Å². The number of nitrogens with zero attached hydrogens (tertiary/aromatic N) is 1. The highest BCUT2D eigenvalue weighted by Gasteiger charge is 2.49. The van der Waals surface area contributed by atoms with Crippen molar-refractivity contribution in [3.63, 3.8) is 0 Å². The topological polar surface area (TPSA) is 320 Å². The minimum absolute atomic E-state index is 0.674. The molecule has 0 radical (unpaired) electrons. The first-order valence-electron chi connectivity index (χ1n) is 9.95. The minimum Gasteiger partial charge on any atom is -0.756 e. The number of aliphatic hydroxyl groups excluding tert-OH is 5. The number of hydrogen-bond donors (Lipinski definition) is 7. The summed E-state index contributed by atoms with van der Waals surface area (Å²) in [5.74, 6) is -1.88. The first kappa shape index (κ1) is 29.7. The van der Waals surface area contributed by atoms with Crippen LogP contribution in [0.25, 0.3) is 0 Å². The number of H-pyrrole nitrogens is 1. The Morgan fingerprint density at radius 3 is 2.24 bits per heavy atom. The monoisotopic (exact) mass is 578 g/mol. The predicted octanol–water partition coefficient (Wildman–Crippen LogP) is -5.97. The molecule has 0 aliphatic carbocycles. The molecule has 3 rings (SSSR count). The van der Waals surface area contributed by atoms with Crippen molar-refractivity contribution >= 4 is 21.6 Å². The molecule has 0 spiro atoms. The molecule has 2 unspecified atom stereocenters. The zero-order valence-corrected chi connectivity index (χ0v) is 19.8. The van der Waals surface area contributed by atoms with Gasteiger partial charge in [-0.2, -0.15) is 0 Å². The molecule has 2 fully saturated rings. The normalized spacial score (nSPS) is 37.5. The number of rotatable bonds is 9. The van der Waals surface area contributed by atoms with Gasteiger partial charge in [-0.15, -0.1) is 0 Å². The van der Waals surface area contributed by atoms with Crippen LogP contribution in [0, 0.1) is 0 Å². The third kappa shape index (κ3) is 6.77. The highest BCUT2D eigenvalue weighted by molar-refractivity contribution is 7.59. The number of hydrogen-bond acceptors (Lipinski definition) is 17. The summed E-state index contributed by atoms with van der Waals surface area (Å²) in [5.41, 5.74) is -1.82. The second-order valence-electron chi connectivity index (χ2n) is 7.68. The molecule has 20 nitrogen and oxygen atoms in total. The maximum absolute atomic E-state index is 12.0. The van der Waals surface area contributed by atoms with Crippen molar-refractivity contribution in [1.29, 1.82) is 0 Å². The van der Waals surface area contributed by atoms with Crippen LogP contribution in [0.4, 0.5) is 0 Å². The Morgan fingerprint density at radius 2 is 1.65 bits per heavy atom. The quantitative estimate of drug-likeness (QED) is 0.134. The second kappa shape index (κ2) is 11.1. The largest absolute Gasteiger partial charge is 0.756 e. The molecule has 0 aromatic carbocycles. The van der Waals surface area contributed by atoms with Crippen LogP contribution in [-0.4, -0.2) is 102 Å². The van der Waals surface area contributed by atoms with Gasteiger partial charge in [-0.05, 0) is 0 Å². The molecule has 2 aliphatic heterocycles. The Kier molecular flexibility index (Phi) is 8.89. The number of carboxylic acid groups (broad SMARTS) is 1. The van der Waals surface area contributed by atoms with Crippen LogP contribution in [0.15, 0.2) is 21.9 Å². The molecule has 2 saturated heterocycles. The van der Waals surface area contributed by atoms with E-state index in [1.807, 2.05) is 4.98 Å². The summed E-state index contributed by atoms with van der Waals surface area (Å²) >= 11 is 0. The fourth-order valence-corrected chi connectivity index (χ4v) is 5.40. The van der Waals surface area contributed by atoms with Crippen molar-refractivity contribution in [2.24, 2.45) is 0 Å². The SMILES string of the molecule is O=C(O)[C@@H]1O[C@@H](OP(=O)([O-])OP(=O)([O-])OC[C@H]2O[C@@H](n3ccc(=O)[nH]c3=O)[C@H](O)[C@@H]2O)[C@@H](O)[C@H](O)[C@H]1O. The van der Waals surface area contributed by atoms with Crippen molar-refractivity contribution in [2.75, 3.05) is 6.61 Å². The summed E-state index contributed by atoms with van der Waals surface area (Å²) in [7, 11) is -11.9. The minimum atomic E-state index is -6.04. The van der Waals surface area contributed by atoms with Gasteiger partial charge >= 0.3 is 11.7 Å². The van der Waals surface area contributed by atoms with E-state index in [1.54, 1.807) is 0 Å². The fraction of sp³-hybridized carbons (Fsp3) is 0.667. The molecule has 0 amide bonds. The summed E-state index contributed by atoms with van der Waals surface area (Å²) in [6.07, 6.45) is -17.7. The average molecular weight is 578 g/mol. The standard InChI is InChI=1S/C15H22N2O18P2/c18-5-1-2-17(15(26)16-5)12-9(22)6(19)4(32-12)3-31-36(27,28)35-37(29,30)34-14-10(23)7(20)8(21)11(33-14)13(24)25/h1-2,4,6-12,14,19-23H,3H2,(H,24,25)(H,27,28)(H,29,30)(H,16,18,26)/p-2/t4-,6-,7-,8-,9-,10+,11-,12-,14+/m1/s1. The van der Waals surface area contributed by atoms with Gasteiger partial charge < -0.3 is 54.4 Å². The number of nitrogens with one attached hydrogen (secondary N) is 1. The van der Waals surface area contributed by atoms with Gasteiger partial charge in [-0.25, -0.2) is 13.9 Å². The average Bonchev–Trinajstić information content (AvgIpc) is 3.05. The summed E-state index contributed by atoms with van der Waals surface area (Å²) in [5, 5.41) is 58.1. The van der Waals surface area contributed by atoms with E-state index in [0.717, 1.165) is 12.3 Å². The number of phosphoric ester groups is 2. The summed E-state index contributed by atoms with van der Waals surface area (Å²) in [6, 6.07) is 0.893. The predicted molar refractivity (Wildman–Crippen MR) is 105 cm³/mol. The zero-order valence-electron chi connectivity index (χ0n) is 18.0. The Hall–Kier alpha value is -1.87. The molecule has 2 aliphatic rings. The second-order valence-corrected chi connectivity index (χ2v) is 10.6. The highest BCUT2D eigenvalue weighted by atomic mass is 31.3. The van der Waals surface area contributed by atoms with E-state index in [9.17, 15) is 58.8 Å². The van der Waals surface area contributed by atoms with Crippen LogP contribution < -0.4 is 21.0 Å². The van der Waals surface area contributed by atoms with E-state index < -0.39 is 94.7 Å². The highest BCUT2D eigenvalue weighted by Crippen LogP contribution is 2.57. The number of phosphoric acid groups is 2. The van der Waals surface area contributed by atoms with E-state index in [4.69, 9.17) is 9.84 Å². The molecular weight excluding hydrogens is 558 g/mol. The third-order valence-electron chi connectivity index (χ3n) is 5.11. The van der Waals surface area contributed by atoms with Crippen molar-refractivity contribution in [1.82, 2.24) is 9.55 Å². The fourth-order valence-electron chi connectivity index (χ4n) is 3.32. The summed E-state index contributed by atoms with van der Waals surface area (Å²) in [4.78, 5) is 59.9. The van der Waals surface area contributed by atoms with Gasteiger partial charge in [0.15, 0.2) is 18.6 Å². The Bertz CT molecular complexity index is 1200. The molecule has 210 valence electrons. The number of aliphatic carboxylic acids is 1. The van der Waals surface area contributed by atoms with Crippen LogP contribution >= 0.6 is 15.6 Å². The lowest BCUT2D eigenvalue weighted by Gasteiger charge is -2.41. The van der Waals surface area contributed by atoms with Gasteiger partial charge in [-0.1, -0.05) is 0 Å². The number of carboxylic acids is 1. The van der Waals surface area contributed by atoms with Crippen LogP contribution in [-0.2, 0) is 36.8 Å². The van der Waals surface area contributed by atoms with Crippen molar-refractivity contribution in [3.8, 4) is 0 Å². The Morgan fingerprint density at radius 1 is 1.00 bits per heavy atom. The Balaban J connectivity index is 1.63. The lowest BCUT2D eigenvalue weighted by atomic mass is 9.99. The van der Waals surface area contributed by atoms with Crippen LogP contribution in [0.5, 0.6) is 0 Å². The van der Waals surface area contributed by atoms with Gasteiger partial charge in [0.2, 0.25) is 0 Å². The number of carbonyl (C=O) groups is 1. The van der Waals surface area contributed by atoms with Gasteiger partial charge in [-0.3, -0.25) is 28.0 Å². The molecule has 11 atom stereocenters. The molecule has 0 saturated carbocycles. The van der Waals surface area contributed by atoms with Gasteiger partial charge in [0, 0.05) is 12.3 Å². The molecule has 0 bridgehead atoms. The van der Waals surface area contributed by atoms with E-state index in [-0.39, 0.29) is 0 Å². The number of aromatic nitrogens is 2. The lowest BCUT2D eigenvalue weighted by molar-refractivity contribution is -0.300. The van der Waals surface area contributed by atoms with E-state index in [1.165, 1.54) is 0 Å². The van der Waals surface area contributed by atoms with Crippen LogP contribution in [0.1, 0.15) is 6.23 Å². The smallest absolute Gasteiger partial charge is 0.335 e. The van der Waals surface area contributed by atoms with Crippen LogP contribution in [0.3, 0.4) is 0 Å². The van der Waals surface area contributed by atoms with Crippen LogP contribution in [0.2, 0.25) is 0 Å². The summed E-state index contributed by atoms with van der Waals surface area (Å²) < 4.78 is 46.6. The van der Waals surface area contributed by atoms with E-state index >= 15 is 0 Å². The number of aliphatic hydroxyl groups is 5. The van der Waals surface area contributed by atoms with E-state index in [0.29, 0.717) is 4.57 Å². The number of aromatic amines is 1. The zero-order chi connectivity index (χ0) is 27.9. The van der Waals surface area contributed by atoms with Gasteiger partial charge in [0.1, 0.15) is 36.6 Å². The summed E-state index contributed by atoms with van der Waals surface area (Å²) in [6.45, 7) is -1.16. The third-order valence-corrected chi connectivity index (χ3v) is 7.64.